The van der Waals surface area contributed by atoms with Crippen molar-refractivity contribution in [2.45, 2.75) is 86.7 Å². The minimum atomic E-state index is -0.149. The van der Waals surface area contributed by atoms with Crippen LogP contribution >= 0.6 is 0 Å². The molecule has 2 aromatic carbocycles. The predicted molar refractivity (Wildman–Crippen MR) is 117 cm³/mol. The monoisotopic (exact) mass is 356 g/mol. The van der Waals surface area contributed by atoms with E-state index in [0.29, 0.717) is 0 Å². The van der Waals surface area contributed by atoms with Crippen LogP contribution in [0.15, 0.2) is 48.5 Å². The van der Waals surface area contributed by atoms with Crippen molar-refractivity contribution in [3.8, 4) is 5.75 Å². The number of benzene rings is 2. The van der Waals surface area contributed by atoms with E-state index in [1.807, 2.05) is 27.7 Å². The number of ether oxygens (including phenoxy) is 1. The first kappa shape index (κ1) is 24.2. The Labute approximate surface area is 162 Å². The molecule has 2 rings (SSSR count). The van der Waals surface area contributed by atoms with Crippen LogP contribution in [0, 0.1) is 0 Å². The lowest BCUT2D eigenvalue weighted by atomic mass is 9.86. The Morgan fingerprint density at radius 1 is 0.615 bits per heavy atom. The first-order valence-corrected chi connectivity index (χ1v) is 10.0. The van der Waals surface area contributed by atoms with Crippen LogP contribution in [-0.4, -0.2) is 5.60 Å². The molecule has 0 bridgehead atoms. The first-order chi connectivity index (χ1) is 12.1. The lowest BCUT2D eigenvalue weighted by Crippen LogP contribution is -2.22. The molecule has 0 saturated carbocycles. The maximum absolute atomic E-state index is 5.86. The summed E-state index contributed by atoms with van der Waals surface area (Å²) in [4.78, 5) is 0. The Morgan fingerprint density at radius 2 is 1.00 bits per heavy atom. The van der Waals surface area contributed by atoms with Gasteiger partial charge >= 0.3 is 0 Å². The van der Waals surface area contributed by atoms with Gasteiger partial charge in [-0.1, -0.05) is 84.9 Å². The summed E-state index contributed by atoms with van der Waals surface area (Å²) in [6.07, 6.45) is 0.959. The molecule has 1 nitrogen and oxygen atoms in total. The lowest BCUT2D eigenvalue weighted by molar-refractivity contribution is 0.131. The Kier molecular flexibility index (Phi) is 10.3. The predicted octanol–water partition coefficient (Wildman–Crippen LogP) is 7.80. The molecule has 0 saturated heterocycles. The molecule has 0 aliphatic carbocycles. The molecule has 2 aromatic rings. The van der Waals surface area contributed by atoms with Crippen LogP contribution in [0.5, 0.6) is 5.75 Å². The highest BCUT2D eigenvalue weighted by molar-refractivity contribution is 5.34. The summed E-state index contributed by atoms with van der Waals surface area (Å²) < 4.78 is 5.86. The highest BCUT2D eigenvalue weighted by Gasteiger charge is 2.13. The van der Waals surface area contributed by atoms with Gasteiger partial charge in [-0.3, -0.25) is 0 Å². The van der Waals surface area contributed by atoms with Crippen molar-refractivity contribution in [3.05, 3.63) is 65.2 Å². The van der Waals surface area contributed by atoms with E-state index in [4.69, 9.17) is 4.74 Å². The van der Waals surface area contributed by atoms with Crippen molar-refractivity contribution < 1.29 is 4.74 Å². The van der Waals surface area contributed by atoms with Gasteiger partial charge in [-0.15, -0.1) is 0 Å². The minimum Gasteiger partial charge on any atom is -0.488 e. The smallest absolute Gasteiger partial charge is 0.120 e. The average molecular weight is 357 g/mol. The molecule has 1 heteroatoms. The molecule has 0 atom stereocenters. The zero-order chi connectivity index (χ0) is 20.4. The fraction of sp³-hybridized carbons (Fsp3) is 0.520. The second-order valence-corrected chi connectivity index (χ2v) is 7.98. The molecule has 146 valence electrons. The molecule has 0 fully saturated rings. The van der Waals surface area contributed by atoms with Gasteiger partial charge in [0.2, 0.25) is 0 Å². The third-order valence-corrected chi connectivity index (χ3v) is 3.58. The van der Waals surface area contributed by atoms with Crippen LogP contribution in [-0.2, 0) is 11.8 Å². The Bertz CT molecular complexity index is 593. The quantitative estimate of drug-likeness (QED) is 0.545. The molecule has 0 radical (unpaired) electrons. The van der Waals surface area contributed by atoms with Crippen molar-refractivity contribution in [2.24, 2.45) is 0 Å². The van der Waals surface area contributed by atoms with E-state index in [-0.39, 0.29) is 11.0 Å². The van der Waals surface area contributed by atoms with Gasteiger partial charge in [0.15, 0.2) is 0 Å². The zero-order valence-corrected chi connectivity index (χ0v) is 18.7. The molecule has 0 aromatic heterocycles. The Balaban J connectivity index is 0.00000146. The maximum Gasteiger partial charge on any atom is 0.120 e. The molecule has 0 amide bonds. The summed E-state index contributed by atoms with van der Waals surface area (Å²) in [7, 11) is 0. The van der Waals surface area contributed by atoms with Crippen molar-refractivity contribution in [2.75, 3.05) is 0 Å². The van der Waals surface area contributed by atoms with Crippen LogP contribution in [0.4, 0.5) is 0 Å². The fourth-order valence-electron chi connectivity index (χ4n) is 2.39. The number of hydrogen-bond acceptors (Lipinski definition) is 1. The van der Waals surface area contributed by atoms with Gasteiger partial charge < -0.3 is 4.74 Å². The van der Waals surface area contributed by atoms with E-state index >= 15 is 0 Å². The largest absolute Gasteiger partial charge is 0.488 e. The molecule has 0 heterocycles. The molecule has 0 spiro atoms. The third kappa shape index (κ3) is 9.08. The normalized spacial score (nSPS) is 10.8. The van der Waals surface area contributed by atoms with E-state index < -0.39 is 0 Å². The second-order valence-electron chi connectivity index (χ2n) is 7.98. The van der Waals surface area contributed by atoms with Crippen molar-refractivity contribution in [1.29, 1.82) is 0 Å². The standard InChI is InChI=1S/C21H28O.2C2H6/c1-20(2,3)18-11-7-16(8-12-18)15-17-9-13-19(14-10-17)22-21(4,5)6;2*1-2/h7-14H,15H2,1-6H3;2*1-2H3. The molecule has 0 unspecified atom stereocenters. The molecule has 0 N–H and O–H groups in total. The van der Waals surface area contributed by atoms with Gasteiger partial charge in [0.1, 0.15) is 11.4 Å². The van der Waals surface area contributed by atoms with Crippen LogP contribution in [0.3, 0.4) is 0 Å². The molecular formula is C25H40O. The van der Waals surface area contributed by atoms with Gasteiger partial charge in [0.05, 0.1) is 0 Å². The van der Waals surface area contributed by atoms with Crippen LogP contribution in [0.25, 0.3) is 0 Å². The third-order valence-electron chi connectivity index (χ3n) is 3.58. The lowest BCUT2D eigenvalue weighted by Gasteiger charge is -2.21. The van der Waals surface area contributed by atoms with E-state index in [1.165, 1.54) is 16.7 Å². The molecular weight excluding hydrogens is 316 g/mol. The highest BCUT2D eigenvalue weighted by Crippen LogP contribution is 2.24. The Morgan fingerprint density at radius 3 is 1.35 bits per heavy atom. The van der Waals surface area contributed by atoms with Crippen molar-refractivity contribution in [1.82, 2.24) is 0 Å². The summed E-state index contributed by atoms with van der Waals surface area (Å²) in [5.74, 6) is 0.930. The highest BCUT2D eigenvalue weighted by atomic mass is 16.5. The molecule has 26 heavy (non-hydrogen) atoms. The summed E-state index contributed by atoms with van der Waals surface area (Å²) >= 11 is 0. The zero-order valence-electron chi connectivity index (χ0n) is 18.7. The van der Waals surface area contributed by atoms with Crippen molar-refractivity contribution in [3.63, 3.8) is 0 Å². The number of rotatable bonds is 3. The topological polar surface area (TPSA) is 9.23 Å². The molecule has 0 aliphatic heterocycles. The maximum atomic E-state index is 5.86. The van der Waals surface area contributed by atoms with Gasteiger partial charge in [0.25, 0.3) is 0 Å². The summed E-state index contributed by atoms with van der Waals surface area (Å²) in [6, 6.07) is 17.4. The average Bonchev–Trinajstić information content (AvgIpc) is 2.59. The number of hydrogen-bond donors (Lipinski definition) is 0. The second kappa shape index (κ2) is 11.1. The van der Waals surface area contributed by atoms with Gasteiger partial charge in [-0.05, 0) is 61.4 Å². The van der Waals surface area contributed by atoms with Gasteiger partial charge in [-0.2, -0.15) is 0 Å². The van der Waals surface area contributed by atoms with Gasteiger partial charge in [-0.25, -0.2) is 0 Å². The summed E-state index contributed by atoms with van der Waals surface area (Å²) in [5, 5.41) is 0. The summed E-state index contributed by atoms with van der Waals surface area (Å²) in [6.45, 7) is 20.9. The van der Waals surface area contributed by atoms with Gasteiger partial charge in [0, 0.05) is 0 Å². The van der Waals surface area contributed by atoms with E-state index in [9.17, 15) is 0 Å². The summed E-state index contributed by atoms with van der Waals surface area (Å²) in [5.41, 5.74) is 4.10. The SMILES string of the molecule is CC.CC.CC(C)(C)Oc1ccc(Cc2ccc(C(C)(C)C)cc2)cc1. The van der Waals surface area contributed by atoms with Crippen LogP contribution < -0.4 is 4.74 Å². The van der Waals surface area contributed by atoms with Crippen LogP contribution in [0.2, 0.25) is 0 Å². The van der Waals surface area contributed by atoms with E-state index in [2.05, 4.69) is 90.1 Å². The first-order valence-electron chi connectivity index (χ1n) is 10.0. The van der Waals surface area contributed by atoms with E-state index in [0.717, 1.165) is 12.2 Å². The van der Waals surface area contributed by atoms with E-state index in [1.54, 1.807) is 0 Å². The van der Waals surface area contributed by atoms with Crippen molar-refractivity contribution >= 4 is 0 Å². The van der Waals surface area contributed by atoms with Crippen LogP contribution in [0.1, 0.15) is 85.9 Å². The molecule has 0 aliphatic rings. The minimum absolute atomic E-state index is 0.149. The Hall–Kier alpha value is -1.76. The fourth-order valence-corrected chi connectivity index (χ4v) is 2.39.